The summed E-state index contributed by atoms with van der Waals surface area (Å²) < 4.78 is 10.9. The van der Waals surface area contributed by atoms with Crippen LogP contribution in [0.1, 0.15) is 253 Å². The van der Waals surface area contributed by atoms with Crippen LogP contribution in [-0.4, -0.2) is 25.2 Å². The van der Waals surface area contributed by atoms with Crippen LogP contribution in [0.2, 0.25) is 0 Å². The Hall–Kier alpha value is -2.10. The van der Waals surface area contributed by atoms with E-state index in [2.05, 4.69) is 26.0 Å². The van der Waals surface area contributed by atoms with Crippen LogP contribution in [0.4, 0.5) is 0 Å². The van der Waals surface area contributed by atoms with E-state index in [9.17, 15) is 9.59 Å². The molecule has 4 heteroatoms. The molecule has 1 aromatic rings. The van der Waals surface area contributed by atoms with Crippen molar-refractivity contribution in [1.29, 1.82) is 0 Å². The molecule has 0 spiro atoms. The molecular weight excluding hydrogens is 641 g/mol. The van der Waals surface area contributed by atoms with E-state index in [1.165, 1.54) is 193 Å². The second kappa shape index (κ2) is 38.6. The summed E-state index contributed by atoms with van der Waals surface area (Å²) in [5.74, 6) is -0.635. The summed E-state index contributed by atoms with van der Waals surface area (Å²) in [6.45, 7) is 5.47. The predicted molar refractivity (Wildman–Crippen MR) is 224 cm³/mol. The van der Waals surface area contributed by atoms with Gasteiger partial charge in [-0.15, -0.1) is 0 Å². The van der Waals surface area contributed by atoms with Gasteiger partial charge in [0.2, 0.25) is 0 Å². The van der Waals surface area contributed by atoms with E-state index >= 15 is 0 Å². The molecule has 4 nitrogen and oxygen atoms in total. The molecule has 0 N–H and O–H groups in total. The van der Waals surface area contributed by atoms with Gasteiger partial charge in [-0.2, -0.15) is 0 Å². The van der Waals surface area contributed by atoms with E-state index in [-0.39, 0.29) is 11.9 Å². The summed E-state index contributed by atoms with van der Waals surface area (Å²) in [7, 11) is 0. The Morgan fingerprint density at radius 3 is 0.865 bits per heavy atom. The number of benzene rings is 1. The van der Waals surface area contributed by atoms with Gasteiger partial charge in [-0.25, -0.2) is 9.59 Å². The first kappa shape index (κ1) is 47.9. The van der Waals surface area contributed by atoms with Crippen molar-refractivity contribution in [1.82, 2.24) is 0 Å². The van der Waals surface area contributed by atoms with Gasteiger partial charge in [0.25, 0.3) is 0 Å². The molecule has 0 aliphatic carbocycles. The SMILES string of the molecule is CCCCCCCC/C=C\CCCCCCCCCCCCOC(=O)c1ccc(C(=O)OCCCCCCCCCCCCCCCCCC)cc1. The lowest BCUT2D eigenvalue weighted by molar-refractivity contribution is 0.0483. The topological polar surface area (TPSA) is 52.6 Å². The molecule has 300 valence electrons. The molecule has 0 fully saturated rings. The average molecular weight is 725 g/mol. The maximum Gasteiger partial charge on any atom is 0.338 e. The van der Waals surface area contributed by atoms with Crippen LogP contribution in [0.5, 0.6) is 0 Å². The fraction of sp³-hybridized carbons (Fsp3) is 0.792. The molecule has 0 aromatic heterocycles. The third kappa shape index (κ3) is 31.4. The van der Waals surface area contributed by atoms with Crippen molar-refractivity contribution in [3.05, 3.63) is 47.5 Å². The molecule has 0 aliphatic heterocycles. The number of allylic oxidation sites excluding steroid dienone is 2. The van der Waals surface area contributed by atoms with Gasteiger partial charge in [0.05, 0.1) is 24.3 Å². The van der Waals surface area contributed by atoms with Crippen LogP contribution in [-0.2, 0) is 9.47 Å². The number of esters is 2. The third-order valence-corrected chi connectivity index (χ3v) is 10.5. The summed E-state index contributed by atoms with van der Waals surface area (Å²) in [6, 6.07) is 6.67. The van der Waals surface area contributed by atoms with Crippen molar-refractivity contribution in [2.75, 3.05) is 13.2 Å². The summed E-state index contributed by atoms with van der Waals surface area (Å²) in [6.07, 6.45) is 49.4. The fourth-order valence-corrected chi connectivity index (χ4v) is 6.95. The second-order valence-corrected chi connectivity index (χ2v) is 15.5. The standard InChI is InChI=1S/C48H84O4/c1-3-5-7-9-11-13-15-17-19-21-22-23-24-26-28-30-32-34-36-38-44-52-48(50)46-41-39-45(40-42-46)47(49)51-43-37-35-33-31-29-27-25-20-18-16-14-12-10-8-6-4-2/h17,19,39-42H,3-16,18,20-38,43-44H2,1-2H3/b19-17-. The normalized spacial score (nSPS) is 11.4. The second-order valence-electron chi connectivity index (χ2n) is 15.5. The third-order valence-electron chi connectivity index (χ3n) is 10.5. The first-order valence-electron chi connectivity index (χ1n) is 22.8. The van der Waals surface area contributed by atoms with E-state index in [4.69, 9.17) is 9.47 Å². The molecule has 0 amide bonds. The van der Waals surface area contributed by atoms with E-state index in [0.29, 0.717) is 24.3 Å². The number of carbonyl (C=O) groups is 2. The maximum absolute atomic E-state index is 12.4. The lowest BCUT2D eigenvalue weighted by Crippen LogP contribution is -2.09. The van der Waals surface area contributed by atoms with Gasteiger partial charge in [0.1, 0.15) is 0 Å². The highest BCUT2D eigenvalue weighted by molar-refractivity contribution is 5.93. The van der Waals surface area contributed by atoms with Crippen molar-refractivity contribution >= 4 is 11.9 Å². The number of rotatable bonds is 39. The molecule has 0 saturated carbocycles. The lowest BCUT2D eigenvalue weighted by Gasteiger charge is -2.07. The summed E-state index contributed by atoms with van der Waals surface area (Å²) >= 11 is 0. The van der Waals surface area contributed by atoms with Crippen LogP contribution in [0, 0.1) is 0 Å². The summed E-state index contributed by atoms with van der Waals surface area (Å²) in [5.41, 5.74) is 0.970. The molecule has 0 heterocycles. The highest BCUT2D eigenvalue weighted by Crippen LogP contribution is 2.16. The lowest BCUT2D eigenvalue weighted by atomic mass is 10.0. The van der Waals surface area contributed by atoms with Gasteiger partial charge < -0.3 is 9.47 Å². The Kier molecular flexibility index (Phi) is 35.6. The van der Waals surface area contributed by atoms with Gasteiger partial charge in [-0.1, -0.05) is 206 Å². The van der Waals surface area contributed by atoms with Crippen molar-refractivity contribution < 1.29 is 19.1 Å². The van der Waals surface area contributed by atoms with Gasteiger partial charge in [0, 0.05) is 0 Å². The maximum atomic E-state index is 12.4. The molecule has 1 aromatic carbocycles. The van der Waals surface area contributed by atoms with Gasteiger partial charge in [-0.05, 0) is 62.8 Å². The minimum atomic E-state index is -0.318. The van der Waals surface area contributed by atoms with Crippen LogP contribution < -0.4 is 0 Å². The smallest absolute Gasteiger partial charge is 0.338 e. The van der Waals surface area contributed by atoms with E-state index in [0.717, 1.165) is 25.7 Å². The fourth-order valence-electron chi connectivity index (χ4n) is 6.95. The zero-order chi connectivity index (χ0) is 37.4. The van der Waals surface area contributed by atoms with E-state index in [1.807, 2.05) is 0 Å². The molecule has 0 aliphatic rings. The summed E-state index contributed by atoms with van der Waals surface area (Å²) in [5, 5.41) is 0. The first-order valence-corrected chi connectivity index (χ1v) is 22.8. The van der Waals surface area contributed by atoms with Gasteiger partial charge in [0.15, 0.2) is 0 Å². The van der Waals surface area contributed by atoms with Crippen LogP contribution in [0.15, 0.2) is 36.4 Å². The van der Waals surface area contributed by atoms with Gasteiger partial charge in [-0.3, -0.25) is 0 Å². The molecular formula is C48H84O4. The molecule has 0 radical (unpaired) electrons. The van der Waals surface area contributed by atoms with Crippen molar-refractivity contribution in [2.24, 2.45) is 0 Å². The highest BCUT2D eigenvalue weighted by atomic mass is 16.5. The number of unbranched alkanes of at least 4 members (excludes halogenated alkanes) is 31. The Labute approximate surface area is 323 Å². The Bertz CT molecular complexity index is 936. The monoisotopic (exact) mass is 725 g/mol. The van der Waals surface area contributed by atoms with Crippen LogP contribution in [0.25, 0.3) is 0 Å². The van der Waals surface area contributed by atoms with E-state index in [1.54, 1.807) is 24.3 Å². The Morgan fingerprint density at radius 2 is 0.596 bits per heavy atom. The molecule has 52 heavy (non-hydrogen) atoms. The predicted octanol–water partition coefficient (Wildman–Crippen LogP) is 15.9. The highest BCUT2D eigenvalue weighted by Gasteiger charge is 2.11. The number of ether oxygens (including phenoxy) is 2. The zero-order valence-corrected chi connectivity index (χ0v) is 34.6. The van der Waals surface area contributed by atoms with E-state index < -0.39 is 0 Å². The Morgan fingerprint density at radius 1 is 0.365 bits per heavy atom. The quantitative estimate of drug-likeness (QED) is 0.0385. The van der Waals surface area contributed by atoms with Crippen LogP contribution >= 0.6 is 0 Å². The van der Waals surface area contributed by atoms with Crippen molar-refractivity contribution in [3.63, 3.8) is 0 Å². The van der Waals surface area contributed by atoms with Gasteiger partial charge >= 0.3 is 11.9 Å². The van der Waals surface area contributed by atoms with Crippen molar-refractivity contribution in [3.8, 4) is 0 Å². The molecule has 0 unspecified atom stereocenters. The number of hydrogen-bond acceptors (Lipinski definition) is 4. The molecule has 0 atom stereocenters. The minimum Gasteiger partial charge on any atom is -0.462 e. The average Bonchev–Trinajstić information content (AvgIpc) is 3.16. The van der Waals surface area contributed by atoms with Crippen LogP contribution in [0.3, 0.4) is 0 Å². The van der Waals surface area contributed by atoms with Crippen molar-refractivity contribution in [2.45, 2.75) is 232 Å². The minimum absolute atomic E-state index is 0.317. The summed E-state index contributed by atoms with van der Waals surface area (Å²) in [4.78, 5) is 24.8. The Balaban J connectivity index is 1.89. The molecule has 0 bridgehead atoms. The molecule has 1 rings (SSSR count). The molecule has 0 saturated heterocycles. The first-order chi connectivity index (χ1) is 25.7. The zero-order valence-electron chi connectivity index (χ0n) is 34.6. The largest absolute Gasteiger partial charge is 0.462 e. The number of hydrogen-bond donors (Lipinski definition) is 0. The number of carbonyl (C=O) groups excluding carboxylic acids is 2.